The third-order valence-electron chi connectivity index (χ3n) is 9.55. The molecule has 7 aromatic carbocycles. The van der Waals surface area contributed by atoms with E-state index in [0.29, 0.717) is 5.92 Å². The van der Waals surface area contributed by atoms with Gasteiger partial charge in [-0.2, -0.15) is 0 Å². The van der Waals surface area contributed by atoms with E-state index in [-0.39, 0.29) is 0 Å². The largest absolute Gasteiger partial charge is 0.309 e. The summed E-state index contributed by atoms with van der Waals surface area (Å²) in [7, 11) is 0. The lowest BCUT2D eigenvalue weighted by molar-refractivity contribution is 0.867. The summed E-state index contributed by atoms with van der Waals surface area (Å²) in [6.45, 7) is 4.50. The minimum absolute atomic E-state index is 0.536. The summed E-state index contributed by atoms with van der Waals surface area (Å²) in [6.07, 6.45) is 0. The highest BCUT2D eigenvalue weighted by Gasteiger charge is 2.23. The van der Waals surface area contributed by atoms with Crippen molar-refractivity contribution < 1.29 is 0 Å². The first-order valence-corrected chi connectivity index (χ1v) is 15.6. The highest BCUT2D eigenvalue weighted by atomic mass is 15.0. The number of hydrogen-bond donors (Lipinski definition) is 0. The Balaban J connectivity index is 1.20. The molecule has 0 N–H and O–H groups in total. The third kappa shape index (κ3) is 3.66. The molecule has 1 nitrogen and oxygen atoms in total. The fraction of sp³-hybridized carbons (Fsp3) is 0.0698. The fourth-order valence-corrected chi connectivity index (χ4v) is 7.35. The van der Waals surface area contributed by atoms with Crippen molar-refractivity contribution in [2.45, 2.75) is 19.8 Å². The zero-order valence-corrected chi connectivity index (χ0v) is 24.9. The summed E-state index contributed by atoms with van der Waals surface area (Å²) in [5, 5.41) is 5.23. The second-order valence-electron chi connectivity index (χ2n) is 12.3. The SMILES string of the molecule is CC(C)c1ccc(-c2ccc3c(c2)-c2cccc4c(-c5ccc6c(c5)c5ccccc5n6-c5ccccc5)ccc-3c24)cc1. The summed E-state index contributed by atoms with van der Waals surface area (Å²) >= 11 is 0. The van der Waals surface area contributed by atoms with Crippen LogP contribution in [0.25, 0.3) is 82.8 Å². The minimum Gasteiger partial charge on any atom is -0.309 e. The molecule has 0 amide bonds. The number of fused-ring (bicyclic) bond motifs is 6. The number of rotatable bonds is 4. The molecule has 0 spiro atoms. The van der Waals surface area contributed by atoms with Gasteiger partial charge in [-0.1, -0.05) is 123 Å². The van der Waals surface area contributed by atoms with E-state index in [1.54, 1.807) is 0 Å². The predicted molar refractivity (Wildman–Crippen MR) is 188 cm³/mol. The first-order chi connectivity index (χ1) is 21.7. The molecule has 0 unspecified atom stereocenters. The lowest BCUT2D eigenvalue weighted by Gasteiger charge is -2.11. The fourth-order valence-electron chi connectivity index (χ4n) is 7.35. The van der Waals surface area contributed by atoms with Crippen LogP contribution < -0.4 is 0 Å². The lowest BCUT2D eigenvalue weighted by atomic mass is 9.93. The Morgan fingerprint density at radius 1 is 0.409 bits per heavy atom. The molecule has 1 aliphatic rings. The standard InChI is InChI=1S/C43H31N/c1-27(2)28-15-17-29(18-16-28)30-19-21-34-38-23-22-33(36-12-8-13-37(43(36)38)39(34)25-30)31-20-24-42-40(26-31)35-11-6-7-14-41(35)44(42)32-9-4-3-5-10-32/h3-27H,1-2H3. The highest BCUT2D eigenvalue weighted by Crippen LogP contribution is 2.50. The summed E-state index contributed by atoms with van der Waals surface area (Å²) in [5.41, 5.74) is 15.4. The molecule has 0 saturated carbocycles. The van der Waals surface area contributed by atoms with Gasteiger partial charge in [-0.25, -0.2) is 0 Å². The smallest absolute Gasteiger partial charge is 0.0541 e. The summed E-state index contributed by atoms with van der Waals surface area (Å²) in [5.74, 6) is 0.536. The molecule has 208 valence electrons. The van der Waals surface area contributed by atoms with Crippen LogP contribution in [-0.4, -0.2) is 4.57 Å². The van der Waals surface area contributed by atoms with Crippen LogP contribution >= 0.6 is 0 Å². The Labute approximate surface area is 257 Å². The number of nitrogens with zero attached hydrogens (tertiary/aromatic N) is 1. The van der Waals surface area contributed by atoms with Crippen molar-refractivity contribution in [2.75, 3.05) is 0 Å². The van der Waals surface area contributed by atoms with Crippen LogP contribution in [0, 0.1) is 0 Å². The van der Waals surface area contributed by atoms with E-state index in [0.717, 1.165) is 0 Å². The van der Waals surface area contributed by atoms with Crippen LogP contribution in [0.5, 0.6) is 0 Å². The molecular weight excluding hydrogens is 530 g/mol. The van der Waals surface area contributed by atoms with E-state index in [2.05, 4.69) is 164 Å². The van der Waals surface area contributed by atoms with Crippen LogP contribution in [0.15, 0.2) is 146 Å². The first kappa shape index (κ1) is 25.1. The van der Waals surface area contributed by atoms with E-state index in [4.69, 9.17) is 0 Å². The van der Waals surface area contributed by atoms with E-state index in [1.807, 2.05) is 0 Å². The van der Waals surface area contributed by atoms with Gasteiger partial charge in [-0.05, 0) is 103 Å². The van der Waals surface area contributed by atoms with Crippen molar-refractivity contribution in [3.05, 3.63) is 151 Å². The van der Waals surface area contributed by atoms with E-state index in [9.17, 15) is 0 Å². The quantitative estimate of drug-likeness (QED) is 0.201. The Morgan fingerprint density at radius 3 is 1.91 bits per heavy atom. The van der Waals surface area contributed by atoms with Gasteiger partial charge in [0.15, 0.2) is 0 Å². The average molecular weight is 562 g/mol. The van der Waals surface area contributed by atoms with Crippen LogP contribution in [0.3, 0.4) is 0 Å². The lowest BCUT2D eigenvalue weighted by Crippen LogP contribution is -1.92. The first-order valence-electron chi connectivity index (χ1n) is 15.6. The summed E-state index contributed by atoms with van der Waals surface area (Å²) in [6, 6.07) is 54.0. The second-order valence-corrected chi connectivity index (χ2v) is 12.3. The molecule has 1 aliphatic carbocycles. The third-order valence-corrected chi connectivity index (χ3v) is 9.55. The normalized spacial score (nSPS) is 12.1. The number of hydrogen-bond acceptors (Lipinski definition) is 0. The monoisotopic (exact) mass is 561 g/mol. The minimum atomic E-state index is 0.536. The zero-order valence-electron chi connectivity index (χ0n) is 24.9. The maximum Gasteiger partial charge on any atom is 0.0541 e. The van der Waals surface area contributed by atoms with Gasteiger partial charge in [0.25, 0.3) is 0 Å². The van der Waals surface area contributed by atoms with Crippen LogP contribution in [0.4, 0.5) is 0 Å². The Kier molecular flexibility index (Phi) is 5.46. The maximum atomic E-state index is 2.39. The van der Waals surface area contributed by atoms with Gasteiger partial charge in [-0.3, -0.25) is 0 Å². The van der Waals surface area contributed by atoms with E-state index >= 15 is 0 Å². The zero-order chi connectivity index (χ0) is 29.4. The molecule has 0 bridgehead atoms. The molecular formula is C43H31N. The molecule has 1 aromatic heterocycles. The molecule has 0 radical (unpaired) electrons. The molecule has 0 saturated heterocycles. The number of para-hydroxylation sites is 2. The number of aromatic nitrogens is 1. The Bertz CT molecular complexity index is 2390. The van der Waals surface area contributed by atoms with Gasteiger partial charge in [0.05, 0.1) is 11.0 Å². The molecule has 44 heavy (non-hydrogen) atoms. The van der Waals surface area contributed by atoms with Crippen molar-refractivity contribution in [2.24, 2.45) is 0 Å². The maximum absolute atomic E-state index is 2.39. The van der Waals surface area contributed by atoms with Crippen molar-refractivity contribution >= 4 is 32.6 Å². The molecule has 1 heteroatoms. The molecule has 1 heterocycles. The van der Waals surface area contributed by atoms with Crippen LogP contribution in [-0.2, 0) is 0 Å². The molecule has 0 fully saturated rings. The summed E-state index contributed by atoms with van der Waals surface area (Å²) < 4.78 is 2.38. The van der Waals surface area contributed by atoms with Gasteiger partial charge in [0.1, 0.15) is 0 Å². The Hall–Kier alpha value is -5.40. The van der Waals surface area contributed by atoms with Crippen molar-refractivity contribution in [3.63, 3.8) is 0 Å². The topological polar surface area (TPSA) is 4.93 Å². The van der Waals surface area contributed by atoms with E-state index in [1.165, 1.54) is 88.3 Å². The van der Waals surface area contributed by atoms with Crippen molar-refractivity contribution in [3.8, 4) is 50.2 Å². The van der Waals surface area contributed by atoms with Gasteiger partial charge in [0, 0.05) is 16.5 Å². The highest BCUT2D eigenvalue weighted by molar-refractivity contribution is 6.19. The Morgan fingerprint density at radius 2 is 1.07 bits per heavy atom. The van der Waals surface area contributed by atoms with E-state index < -0.39 is 0 Å². The molecule has 0 atom stereocenters. The van der Waals surface area contributed by atoms with Crippen molar-refractivity contribution in [1.82, 2.24) is 4.57 Å². The number of benzene rings is 7. The molecule has 8 aromatic rings. The van der Waals surface area contributed by atoms with Gasteiger partial charge in [-0.15, -0.1) is 0 Å². The molecule has 0 aliphatic heterocycles. The van der Waals surface area contributed by atoms with Gasteiger partial charge >= 0.3 is 0 Å². The predicted octanol–water partition coefficient (Wildman–Crippen LogP) is 12.0. The van der Waals surface area contributed by atoms with Gasteiger partial charge < -0.3 is 4.57 Å². The average Bonchev–Trinajstić information content (AvgIpc) is 3.58. The second kappa shape index (κ2) is 9.56. The van der Waals surface area contributed by atoms with Crippen LogP contribution in [0.2, 0.25) is 0 Å². The molecule has 9 rings (SSSR count). The van der Waals surface area contributed by atoms with Crippen molar-refractivity contribution in [1.29, 1.82) is 0 Å². The van der Waals surface area contributed by atoms with Gasteiger partial charge in [0.2, 0.25) is 0 Å². The summed E-state index contributed by atoms with van der Waals surface area (Å²) in [4.78, 5) is 0. The van der Waals surface area contributed by atoms with Crippen LogP contribution in [0.1, 0.15) is 25.3 Å².